The molecule has 4 heteroatoms. The van der Waals surface area contributed by atoms with Gasteiger partial charge in [0.05, 0.1) is 6.04 Å². The van der Waals surface area contributed by atoms with Crippen LogP contribution in [0.25, 0.3) is 0 Å². The normalized spacial score (nSPS) is 13.8. The van der Waals surface area contributed by atoms with Crippen molar-refractivity contribution in [1.82, 2.24) is 0 Å². The molecule has 0 radical (unpaired) electrons. The number of nitrogens with two attached hydrogens (primary N) is 1. The highest BCUT2D eigenvalue weighted by molar-refractivity contribution is 5.98. The molecule has 18 heavy (non-hydrogen) atoms. The molecular formula is C14H20N2O2. The van der Waals surface area contributed by atoms with Crippen molar-refractivity contribution in [1.29, 1.82) is 0 Å². The zero-order valence-corrected chi connectivity index (χ0v) is 11.1. The number of hydrogen-bond donors (Lipinski definition) is 2. The van der Waals surface area contributed by atoms with Crippen molar-refractivity contribution in [2.24, 2.45) is 11.7 Å². The Hall–Kier alpha value is -1.68. The Morgan fingerprint density at radius 3 is 2.61 bits per heavy atom. The van der Waals surface area contributed by atoms with E-state index in [1.54, 1.807) is 24.3 Å². The van der Waals surface area contributed by atoms with E-state index >= 15 is 0 Å². The largest absolute Gasteiger partial charge is 0.325 e. The van der Waals surface area contributed by atoms with Crippen LogP contribution in [-0.2, 0) is 4.79 Å². The summed E-state index contributed by atoms with van der Waals surface area (Å²) in [6.45, 7) is 5.43. The number of ketones is 1. The number of hydrogen-bond acceptors (Lipinski definition) is 3. The van der Waals surface area contributed by atoms with Gasteiger partial charge in [-0.25, -0.2) is 0 Å². The average molecular weight is 248 g/mol. The summed E-state index contributed by atoms with van der Waals surface area (Å²) in [4.78, 5) is 23.1. The van der Waals surface area contributed by atoms with Crippen LogP contribution in [0, 0.1) is 5.92 Å². The maximum Gasteiger partial charge on any atom is 0.241 e. The second-order valence-corrected chi connectivity index (χ2v) is 4.54. The second kappa shape index (κ2) is 6.31. The molecule has 1 aromatic carbocycles. The summed E-state index contributed by atoms with van der Waals surface area (Å²) in [5, 5.41) is 2.74. The molecule has 0 spiro atoms. The molecular weight excluding hydrogens is 228 g/mol. The zero-order chi connectivity index (χ0) is 13.7. The zero-order valence-electron chi connectivity index (χ0n) is 11.1. The summed E-state index contributed by atoms with van der Waals surface area (Å²) >= 11 is 0. The summed E-state index contributed by atoms with van der Waals surface area (Å²) < 4.78 is 0. The summed E-state index contributed by atoms with van der Waals surface area (Å²) in [5.41, 5.74) is 7.02. The third-order valence-corrected chi connectivity index (χ3v) is 3.10. The summed E-state index contributed by atoms with van der Waals surface area (Å²) in [5.74, 6) is -0.122. The number of carbonyl (C=O) groups is 2. The van der Waals surface area contributed by atoms with E-state index in [4.69, 9.17) is 5.73 Å². The molecule has 0 bridgehead atoms. The Morgan fingerprint density at radius 2 is 2.06 bits per heavy atom. The van der Waals surface area contributed by atoms with Gasteiger partial charge in [-0.2, -0.15) is 0 Å². The molecule has 0 saturated carbocycles. The van der Waals surface area contributed by atoms with E-state index in [1.165, 1.54) is 6.92 Å². The van der Waals surface area contributed by atoms with E-state index < -0.39 is 6.04 Å². The predicted octanol–water partition coefficient (Wildman–Crippen LogP) is 2.20. The Morgan fingerprint density at radius 1 is 1.39 bits per heavy atom. The van der Waals surface area contributed by atoms with Crippen molar-refractivity contribution in [2.45, 2.75) is 33.2 Å². The molecule has 98 valence electrons. The summed E-state index contributed by atoms with van der Waals surface area (Å²) in [6, 6.07) is 6.32. The lowest BCUT2D eigenvalue weighted by atomic mass is 9.99. The van der Waals surface area contributed by atoms with Crippen LogP contribution in [0.5, 0.6) is 0 Å². The van der Waals surface area contributed by atoms with Crippen LogP contribution in [0.4, 0.5) is 5.69 Å². The van der Waals surface area contributed by atoms with Gasteiger partial charge in [-0.05, 0) is 25.0 Å². The van der Waals surface area contributed by atoms with Crippen LogP contribution in [0.15, 0.2) is 24.3 Å². The fourth-order valence-electron chi connectivity index (χ4n) is 1.55. The van der Waals surface area contributed by atoms with Crippen molar-refractivity contribution in [3.05, 3.63) is 29.8 Å². The Bertz CT molecular complexity index is 443. The van der Waals surface area contributed by atoms with Gasteiger partial charge in [0, 0.05) is 11.3 Å². The molecule has 0 fully saturated rings. The predicted molar refractivity (Wildman–Crippen MR) is 72.5 cm³/mol. The minimum Gasteiger partial charge on any atom is -0.325 e. The SMILES string of the molecule is CCC(C)[C@H](N)C(=O)Nc1cccc(C(C)=O)c1. The first-order valence-corrected chi connectivity index (χ1v) is 6.13. The van der Waals surface area contributed by atoms with Gasteiger partial charge < -0.3 is 11.1 Å². The first-order valence-electron chi connectivity index (χ1n) is 6.13. The van der Waals surface area contributed by atoms with Gasteiger partial charge in [-0.3, -0.25) is 9.59 Å². The molecule has 0 heterocycles. The fraction of sp³-hybridized carbons (Fsp3) is 0.429. The molecule has 2 atom stereocenters. The van der Waals surface area contributed by atoms with Gasteiger partial charge in [0.1, 0.15) is 0 Å². The van der Waals surface area contributed by atoms with Gasteiger partial charge in [0.2, 0.25) is 5.91 Å². The number of amides is 1. The molecule has 1 amide bonds. The monoisotopic (exact) mass is 248 g/mol. The Labute approximate surface area is 108 Å². The van der Waals surface area contributed by atoms with E-state index in [2.05, 4.69) is 5.32 Å². The Kier molecular flexibility index (Phi) is 5.04. The van der Waals surface area contributed by atoms with Crippen molar-refractivity contribution >= 4 is 17.4 Å². The Balaban J connectivity index is 2.76. The van der Waals surface area contributed by atoms with Crippen LogP contribution in [0.1, 0.15) is 37.6 Å². The van der Waals surface area contributed by atoms with Crippen LogP contribution < -0.4 is 11.1 Å². The van der Waals surface area contributed by atoms with Gasteiger partial charge >= 0.3 is 0 Å². The molecule has 1 rings (SSSR count). The molecule has 4 nitrogen and oxygen atoms in total. The summed E-state index contributed by atoms with van der Waals surface area (Å²) in [6.07, 6.45) is 0.849. The molecule has 1 unspecified atom stereocenters. The van der Waals surface area contributed by atoms with E-state index in [0.717, 1.165) is 6.42 Å². The topological polar surface area (TPSA) is 72.2 Å². The molecule has 1 aromatic rings. The minimum atomic E-state index is -0.531. The van der Waals surface area contributed by atoms with Crippen molar-refractivity contribution < 1.29 is 9.59 Å². The van der Waals surface area contributed by atoms with Crippen LogP contribution in [-0.4, -0.2) is 17.7 Å². The van der Waals surface area contributed by atoms with E-state index in [-0.39, 0.29) is 17.6 Å². The van der Waals surface area contributed by atoms with Gasteiger partial charge in [0.25, 0.3) is 0 Å². The fourth-order valence-corrected chi connectivity index (χ4v) is 1.55. The highest BCUT2D eigenvalue weighted by Crippen LogP contribution is 2.13. The molecule has 0 aliphatic rings. The average Bonchev–Trinajstić information content (AvgIpc) is 2.37. The van der Waals surface area contributed by atoms with Crippen LogP contribution >= 0.6 is 0 Å². The number of nitrogens with one attached hydrogen (secondary N) is 1. The smallest absolute Gasteiger partial charge is 0.241 e. The van der Waals surface area contributed by atoms with Crippen LogP contribution in [0.2, 0.25) is 0 Å². The highest BCUT2D eigenvalue weighted by Gasteiger charge is 2.19. The lowest BCUT2D eigenvalue weighted by molar-refractivity contribution is -0.118. The van der Waals surface area contributed by atoms with Gasteiger partial charge in [0.15, 0.2) is 5.78 Å². The van der Waals surface area contributed by atoms with Crippen LogP contribution in [0.3, 0.4) is 0 Å². The lowest BCUT2D eigenvalue weighted by Crippen LogP contribution is -2.40. The molecule has 0 aromatic heterocycles. The third kappa shape index (κ3) is 3.67. The highest BCUT2D eigenvalue weighted by atomic mass is 16.2. The standard InChI is InChI=1S/C14H20N2O2/c1-4-9(2)13(15)14(18)16-12-7-5-6-11(8-12)10(3)17/h5-9,13H,4,15H2,1-3H3,(H,16,18)/t9?,13-/m0/s1. The number of anilines is 1. The van der Waals surface area contributed by atoms with Crippen molar-refractivity contribution in [3.63, 3.8) is 0 Å². The van der Waals surface area contributed by atoms with Crippen molar-refractivity contribution in [2.75, 3.05) is 5.32 Å². The lowest BCUT2D eigenvalue weighted by Gasteiger charge is -2.17. The number of carbonyl (C=O) groups excluding carboxylic acids is 2. The maximum atomic E-state index is 11.9. The summed E-state index contributed by atoms with van der Waals surface area (Å²) in [7, 11) is 0. The molecule has 0 saturated heterocycles. The van der Waals surface area contributed by atoms with Gasteiger partial charge in [-0.1, -0.05) is 32.4 Å². The van der Waals surface area contributed by atoms with Crippen molar-refractivity contribution in [3.8, 4) is 0 Å². The molecule has 0 aliphatic heterocycles. The molecule has 3 N–H and O–H groups in total. The molecule has 0 aliphatic carbocycles. The number of Topliss-reactive ketones (excluding diaryl/α,β-unsaturated/α-hetero) is 1. The maximum absolute atomic E-state index is 11.9. The number of benzene rings is 1. The van der Waals surface area contributed by atoms with E-state index in [1.807, 2.05) is 13.8 Å². The first kappa shape index (κ1) is 14.4. The quantitative estimate of drug-likeness (QED) is 0.785. The van der Waals surface area contributed by atoms with E-state index in [0.29, 0.717) is 11.3 Å². The van der Waals surface area contributed by atoms with E-state index in [9.17, 15) is 9.59 Å². The van der Waals surface area contributed by atoms with Gasteiger partial charge in [-0.15, -0.1) is 0 Å². The first-order chi connectivity index (χ1) is 8.45. The number of rotatable bonds is 5. The third-order valence-electron chi connectivity index (χ3n) is 3.10. The second-order valence-electron chi connectivity index (χ2n) is 4.54. The minimum absolute atomic E-state index is 0.0303.